The van der Waals surface area contributed by atoms with E-state index in [0.29, 0.717) is 31.1 Å². The molecule has 7 nitrogen and oxygen atoms in total. The molecule has 2 saturated heterocycles. The summed E-state index contributed by atoms with van der Waals surface area (Å²) in [4.78, 5) is 40.4. The van der Waals surface area contributed by atoms with Crippen LogP contribution >= 0.6 is 11.6 Å². The van der Waals surface area contributed by atoms with Gasteiger partial charge in [-0.2, -0.15) is 0 Å². The Labute approximate surface area is 214 Å². The molecule has 0 aliphatic carbocycles. The fourth-order valence-corrected chi connectivity index (χ4v) is 5.96. The van der Waals surface area contributed by atoms with Crippen LogP contribution in [0, 0.1) is 11.2 Å². The minimum Gasteiger partial charge on any atom is -0.384 e. The van der Waals surface area contributed by atoms with Crippen LogP contribution in [0.4, 0.5) is 4.39 Å². The van der Waals surface area contributed by atoms with E-state index >= 15 is 4.39 Å². The summed E-state index contributed by atoms with van der Waals surface area (Å²) >= 11 is 6.00. The Hall–Kier alpha value is -2.81. The van der Waals surface area contributed by atoms with Gasteiger partial charge in [-0.25, -0.2) is 4.39 Å². The van der Waals surface area contributed by atoms with Gasteiger partial charge < -0.3 is 10.0 Å². The second-order valence-electron chi connectivity index (χ2n) is 10.7. The number of aliphatic hydroxyl groups is 1. The highest BCUT2D eigenvalue weighted by Crippen LogP contribution is 2.48. The van der Waals surface area contributed by atoms with Crippen molar-refractivity contribution >= 4 is 29.3 Å². The van der Waals surface area contributed by atoms with Gasteiger partial charge in [0.2, 0.25) is 11.8 Å². The van der Waals surface area contributed by atoms with Gasteiger partial charge in [-0.3, -0.25) is 24.6 Å². The second-order valence-corrected chi connectivity index (χ2v) is 11.1. The number of nitrogens with zero attached hydrogens (tertiary/aromatic N) is 2. The van der Waals surface area contributed by atoms with Gasteiger partial charge in [0.05, 0.1) is 12.1 Å². The Bertz CT molecular complexity index is 1250. The van der Waals surface area contributed by atoms with Gasteiger partial charge in [-0.1, -0.05) is 43.6 Å². The van der Waals surface area contributed by atoms with Gasteiger partial charge >= 0.3 is 0 Å². The molecule has 2 atom stereocenters. The second kappa shape index (κ2) is 8.94. The number of halogens is 2. The zero-order valence-electron chi connectivity index (χ0n) is 20.3. The average molecular weight is 514 g/mol. The Morgan fingerprint density at radius 2 is 1.86 bits per heavy atom. The van der Waals surface area contributed by atoms with Gasteiger partial charge in [0, 0.05) is 53.2 Å². The van der Waals surface area contributed by atoms with Crippen molar-refractivity contribution in [2.75, 3.05) is 13.1 Å². The average Bonchev–Trinajstić information content (AvgIpc) is 3.15. The van der Waals surface area contributed by atoms with E-state index in [1.807, 2.05) is 38.1 Å². The van der Waals surface area contributed by atoms with Crippen molar-refractivity contribution in [1.82, 2.24) is 15.1 Å². The molecule has 3 heterocycles. The van der Waals surface area contributed by atoms with Crippen LogP contribution in [0.1, 0.15) is 60.2 Å². The normalized spacial score (nSPS) is 26.2. The minimum absolute atomic E-state index is 0.0701. The lowest BCUT2D eigenvalue weighted by Gasteiger charge is -2.50. The molecule has 3 amide bonds. The number of benzene rings is 2. The maximum absolute atomic E-state index is 16.0. The van der Waals surface area contributed by atoms with Crippen molar-refractivity contribution in [3.8, 4) is 0 Å². The standard InChI is InChI=1S/C27H29ClFN3O4/c1-26(2)15-31(13-16-3-5-17(28)6-4-16)12-11-27(26,36)20-8-7-18-19(23(20)29)14-32(25(18)35)21-9-10-22(33)30-24(21)34/h3-8,21,36H,9-15H2,1-2H3,(H,30,33,34)/t21-,27-/m1/s1. The van der Waals surface area contributed by atoms with Crippen molar-refractivity contribution in [3.63, 3.8) is 0 Å². The fraction of sp³-hybridized carbons (Fsp3) is 0.444. The molecule has 0 aromatic heterocycles. The molecule has 0 saturated carbocycles. The van der Waals surface area contributed by atoms with Crippen molar-refractivity contribution < 1.29 is 23.9 Å². The van der Waals surface area contributed by atoms with Crippen molar-refractivity contribution in [2.45, 2.75) is 57.8 Å². The highest BCUT2D eigenvalue weighted by Gasteiger charge is 2.51. The van der Waals surface area contributed by atoms with Crippen LogP contribution in [0.5, 0.6) is 0 Å². The third-order valence-electron chi connectivity index (χ3n) is 7.94. The topological polar surface area (TPSA) is 89.9 Å². The first-order valence-corrected chi connectivity index (χ1v) is 12.5. The molecule has 36 heavy (non-hydrogen) atoms. The molecule has 0 spiro atoms. The van der Waals surface area contributed by atoms with E-state index in [2.05, 4.69) is 10.2 Å². The van der Waals surface area contributed by atoms with E-state index in [9.17, 15) is 19.5 Å². The van der Waals surface area contributed by atoms with E-state index < -0.39 is 34.7 Å². The number of likely N-dealkylation sites (tertiary alicyclic amines) is 1. The molecule has 2 fully saturated rings. The Morgan fingerprint density at radius 1 is 1.14 bits per heavy atom. The van der Waals surface area contributed by atoms with Gasteiger partial charge in [0.1, 0.15) is 11.9 Å². The number of carbonyl (C=O) groups excluding carboxylic acids is 3. The number of piperidine rings is 2. The van der Waals surface area contributed by atoms with Gasteiger partial charge in [-0.15, -0.1) is 0 Å². The van der Waals surface area contributed by atoms with Crippen LogP contribution in [-0.4, -0.2) is 51.8 Å². The molecular formula is C27H29ClFN3O4. The molecule has 3 aliphatic rings. The lowest BCUT2D eigenvalue weighted by Crippen LogP contribution is -2.55. The van der Waals surface area contributed by atoms with E-state index in [1.54, 1.807) is 6.07 Å². The summed E-state index contributed by atoms with van der Waals surface area (Å²) in [5.41, 5.74) is -0.448. The van der Waals surface area contributed by atoms with E-state index in [-0.39, 0.29) is 42.0 Å². The molecule has 2 N–H and O–H groups in total. The Morgan fingerprint density at radius 3 is 2.53 bits per heavy atom. The maximum atomic E-state index is 16.0. The van der Waals surface area contributed by atoms with Crippen LogP contribution in [0.2, 0.25) is 5.02 Å². The summed E-state index contributed by atoms with van der Waals surface area (Å²) in [6, 6.07) is 9.89. The van der Waals surface area contributed by atoms with Gasteiger partial charge in [0.25, 0.3) is 5.91 Å². The molecule has 0 radical (unpaired) electrons. The van der Waals surface area contributed by atoms with Crippen LogP contribution < -0.4 is 5.32 Å². The number of hydrogen-bond donors (Lipinski definition) is 2. The predicted molar refractivity (Wildman–Crippen MR) is 131 cm³/mol. The lowest BCUT2D eigenvalue weighted by molar-refractivity contribution is -0.137. The van der Waals surface area contributed by atoms with Crippen molar-refractivity contribution in [2.24, 2.45) is 5.41 Å². The zero-order chi connectivity index (χ0) is 25.8. The molecule has 190 valence electrons. The molecular weight excluding hydrogens is 485 g/mol. The number of amides is 3. The third-order valence-corrected chi connectivity index (χ3v) is 8.19. The number of rotatable bonds is 4. The fourth-order valence-electron chi connectivity index (χ4n) is 5.83. The number of nitrogens with one attached hydrogen (secondary N) is 1. The monoisotopic (exact) mass is 513 g/mol. The molecule has 9 heteroatoms. The first-order chi connectivity index (χ1) is 17.0. The minimum atomic E-state index is -1.44. The number of fused-ring (bicyclic) bond motifs is 1. The first-order valence-electron chi connectivity index (χ1n) is 12.2. The van der Waals surface area contributed by atoms with Crippen LogP contribution in [0.3, 0.4) is 0 Å². The molecule has 0 bridgehead atoms. The number of carbonyl (C=O) groups is 3. The lowest BCUT2D eigenvalue weighted by atomic mass is 9.66. The largest absolute Gasteiger partial charge is 0.384 e. The maximum Gasteiger partial charge on any atom is 0.255 e. The van der Waals surface area contributed by atoms with E-state index in [1.165, 1.54) is 11.0 Å². The van der Waals surface area contributed by atoms with Crippen molar-refractivity contribution in [3.05, 3.63) is 69.5 Å². The number of hydrogen-bond acceptors (Lipinski definition) is 5. The first kappa shape index (κ1) is 24.9. The Balaban J connectivity index is 1.38. The van der Waals surface area contributed by atoms with Crippen LogP contribution in [-0.2, 0) is 28.3 Å². The van der Waals surface area contributed by atoms with Gasteiger partial charge in [-0.05, 0) is 36.6 Å². The molecule has 2 aromatic rings. The van der Waals surface area contributed by atoms with Crippen molar-refractivity contribution in [1.29, 1.82) is 0 Å². The molecule has 2 aromatic carbocycles. The predicted octanol–water partition coefficient (Wildman–Crippen LogP) is 3.36. The Kier molecular flexibility index (Phi) is 6.17. The molecule has 5 rings (SSSR count). The van der Waals surface area contributed by atoms with Crippen LogP contribution in [0.25, 0.3) is 0 Å². The quantitative estimate of drug-likeness (QED) is 0.612. The summed E-state index contributed by atoms with van der Waals surface area (Å²) in [5, 5.41) is 14.8. The zero-order valence-corrected chi connectivity index (χ0v) is 21.1. The molecule has 0 unspecified atom stereocenters. The van der Waals surface area contributed by atoms with Crippen LogP contribution in [0.15, 0.2) is 36.4 Å². The number of imide groups is 1. The highest BCUT2D eigenvalue weighted by molar-refractivity contribution is 6.30. The summed E-state index contributed by atoms with van der Waals surface area (Å²) < 4.78 is 16.0. The smallest absolute Gasteiger partial charge is 0.255 e. The summed E-state index contributed by atoms with van der Waals surface area (Å²) in [7, 11) is 0. The third kappa shape index (κ3) is 4.11. The van der Waals surface area contributed by atoms with Gasteiger partial charge in [0.15, 0.2) is 0 Å². The van der Waals surface area contributed by atoms with E-state index in [4.69, 9.17) is 11.6 Å². The highest BCUT2D eigenvalue weighted by atomic mass is 35.5. The SMILES string of the molecule is CC1(C)CN(Cc2ccc(Cl)cc2)CC[C@@]1(O)c1ccc2c(c1F)CN([C@@H]1CCC(=O)NC1=O)C2=O. The summed E-state index contributed by atoms with van der Waals surface area (Å²) in [6.45, 7) is 5.59. The summed E-state index contributed by atoms with van der Waals surface area (Å²) in [6.07, 6.45) is 0.665. The summed E-state index contributed by atoms with van der Waals surface area (Å²) in [5.74, 6) is -1.95. The van der Waals surface area contributed by atoms with E-state index in [0.717, 1.165) is 5.56 Å². The molecule has 3 aliphatic heterocycles.